The van der Waals surface area contributed by atoms with Crippen LogP contribution in [0.15, 0.2) is 16.9 Å². The van der Waals surface area contributed by atoms with E-state index in [4.69, 9.17) is 9.63 Å². The van der Waals surface area contributed by atoms with Gasteiger partial charge in [0.2, 0.25) is 5.89 Å². The van der Waals surface area contributed by atoms with Gasteiger partial charge in [0, 0.05) is 19.4 Å². The normalized spacial score (nSPS) is 10.4. The largest absolute Gasteiger partial charge is 0.476 e. The minimum atomic E-state index is -1.10. The highest BCUT2D eigenvalue weighted by Crippen LogP contribution is 2.02. The second-order valence-corrected chi connectivity index (χ2v) is 3.73. The SMILES string of the molecule is CCc1nc(CCNc2cnc(C(=O)O)cn2)no1. The lowest BCUT2D eigenvalue weighted by atomic mass is 10.4. The fourth-order valence-corrected chi connectivity index (χ4v) is 1.37. The standard InChI is InChI=1S/C11H13N5O3/c1-2-10-15-8(16-19-10)3-4-12-9-6-13-7(5-14-9)11(17)18/h5-6H,2-4H2,1H3,(H,12,14)(H,17,18). The second kappa shape index (κ2) is 5.89. The molecule has 0 bridgehead atoms. The van der Waals surface area contributed by atoms with E-state index < -0.39 is 5.97 Å². The highest BCUT2D eigenvalue weighted by molar-refractivity contribution is 5.84. The first kappa shape index (κ1) is 12.9. The Morgan fingerprint density at radius 3 is 2.84 bits per heavy atom. The molecule has 100 valence electrons. The van der Waals surface area contributed by atoms with Crippen molar-refractivity contribution >= 4 is 11.8 Å². The lowest BCUT2D eigenvalue weighted by Crippen LogP contribution is -2.09. The summed E-state index contributed by atoms with van der Waals surface area (Å²) in [5.74, 6) is 0.641. The number of rotatable bonds is 6. The van der Waals surface area contributed by atoms with Crippen molar-refractivity contribution in [2.75, 3.05) is 11.9 Å². The van der Waals surface area contributed by atoms with E-state index >= 15 is 0 Å². The molecule has 0 aliphatic heterocycles. The van der Waals surface area contributed by atoms with Crippen LogP contribution < -0.4 is 5.32 Å². The predicted octanol–water partition coefficient (Wildman–Crippen LogP) is 0.775. The number of nitrogens with zero attached hydrogens (tertiary/aromatic N) is 4. The molecule has 2 heterocycles. The molecule has 0 saturated heterocycles. The zero-order valence-corrected chi connectivity index (χ0v) is 10.3. The molecular weight excluding hydrogens is 250 g/mol. The van der Waals surface area contributed by atoms with Crippen molar-refractivity contribution in [3.05, 3.63) is 29.8 Å². The van der Waals surface area contributed by atoms with Crippen LogP contribution in [0.5, 0.6) is 0 Å². The van der Waals surface area contributed by atoms with Crippen molar-refractivity contribution < 1.29 is 14.4 Å². The lowest BCUT2D eigenvalue weighted by molar-refractivity contribution is 0.0690. The van der Waals surface area contributed by atoms with Gasteiger partial charge < -0.3 is 14.9 Å². The summed E-state index contributed by atoms with van der Waals surface area (Å²) in [5.41, 5.74) is -0.0868. The molecule has 0 amide bonds. The summed E-state index contributed by atoms with van der Waals surface area (Å²) >= 11 is 0. The second-order valence-electron chi connectivity index (χ2n) is 3.73. The third-order valence-electron chi connectivity index (χ3n) is 2.34. The number of carboxylic acid groups (broad SMARTS) is 1. The molecule has 0 atom stereocenters. The summed E-state index contributed by atoms with van der Waals surface area (Å²) < 4.78 is 4.98. The van der Waals surface area contributed by atoms with Crippen molar-refractivity contribution in [3.8, 4) is 0 Å². The molecule has 0 unspecified atom stereocenters. The van der Waals surface area contributed by atoms with Crippen LogP contribution in [0.4, 0.5) is 5.82 Å². The van der Waals surface area contributed by atoms with E-state index in [2.05, 4.69) is 25.4 Å². The third kappa shape index (κ3) is 3.47. The molecule has 8 heteroatoms. The van der Waals surface area contributed by atoms with Crippen molar-refractivity contribution in [2.24, 2.45) is 0 Å². The van der Waals surface area contributed by atoms with Gasteiger partial charge in [-0.15, -0.1) is 0 Å². The summed E-state index contributed by atoms with van der Waals surface area (Å²) in [5, 5.41) is 15.5. The van der Waals surface area contributed by atoms with Crippen LogP contribution in [0.2, 0.25) is 0 Å². The summed E-state index contributed by atoms with van der Waals surface area (Å²) in [4.78, 5) is 22.4. The quantitative estimate of drug-likeness (QED) is 0.785. The number of aromatic carboxylic acids is 1. The van der Waals surface area contributed by atoms with E-state index in [1.54, 1.807) is 0 Å². The Hall–Kier alpha value is -2.51. The number of aryl methyl sites for hydroxylation is 1. The Balaban J connectivity index is 1.83. The minimum absolute atomic E-state index is 0.0868. The van der Waals surface area contributed by atoms with Gasteiger partial charge in [-0.1, -0.05) is 12.1 Å². The van der Waals surface area contributed by atoms with Gasteiger partial charge in [-0.25, -0.2) is 14.8 Å². The number of hydrogen-bond donors (Lipinski definition) is 2. The highest BCUT2D eigenvalue weighted by Gasteiger charge is 2.06. The first-order valence-corrected chi connectivity index (χ1v) is 5.79. The summed E-state index contributed by atoms with van der Waals surface area (Å²) in [6.07, 6.45) is 3.87. The predicted molar refractivity (Wildman–Crippen MR) is 64.9 cm³/mol. The number of aromatic nitrogens is 4. The fourth-order valence-electron chi connectivity index (χ4n) is 1.37. The monoisotopic (exact) mass is 263 g/mol. The van der Waals surface area contributed by atoms with E-state index in [1.165, 1.54) is 12.4 Å². The minimum Gasteiger partial charge on any atom is -0.476 e. The van der Waals surface area contributed by atoms with Crippen LogP contribution in [0.3, 0.4) is 0 Å². The summed E-state index contributed by atoms with van der Waals surface area (Å²) in [7, 11) is 0. The lowest BCUT2D eigenvalue weighted by Gasteiger charge is -2.02. The molecule has 0 aliphatic rings. The molecule has 2 aromatic heterocycles. The number of anilines is 1. The van der Waals surface area contributed by atoms with Crippen LogP contribution in [0, 0.1) is 0 Å². The van der Waals surface area contributed by atoms with Crippen molar-refractivity contribution in [1.29, 1.82) is 0 Å². The van der Waals surface area contributed by atoms with Crippen molar-refractivity contribution in [3.63, 3.8) is 0 Å². The molecule has 0 aromatic carbocycles. The van der Waals surface area contributed by atoms with Crippen LogP contribution in [0.25, 0.3) is 0 Å². The maximum atomic E-state index is 10.6. The zero-order chi connectivity index (χ0) is 13.7. The van der Waals surface area contributed by atoms with E-state index in [0.717, 1.165) is 0 Å². The molecule has 2 rings (SSSR count). The number of carboxylic acids is 1. The molecule has 2 N–H and O–H groups in total. The smallest absolute Gasteiger partial charge is 0.356 e. The van der Waals surface area contributed by atoms with Gasteiger partial charge in [-0.2, -0.15) is 4.98 Å². The van der Waals surface area contributed by atoms with Gasteiger partial charge in [0.1, 0.15) is 5.82 Å². The van der Waals surface area contributed by atoms with Gasteiger partial charge >= 0.3 is 5.97 Å². The molecule has 8 nitrogen and oxygen atoms in total. The molecule has 0 spiro atoms. The van der Waals surface area contributed by atoms with E-state index in [0.29, 0.717) is 36.9 Å². The van der Waals surface area contributed by atoms with E-state index in [-0.39, 0.29) is 5.69 Å². The Kier molecular flexibility index (Phi) is 4.01. The van der Waals surface area contributed by atoms with Crippen LogP contribution in [-0.2, 0) is 12.8 Å². The van der Waals surface area contributed by atoms with Gasteiger partial charge in [0.05, 0.1) is 12.4 Å². The average molecular weight is 263 g/mol. The van der Waals surface area contributed by atoms with Crippen LogP contribution >= 0.6 is 0 Å². The molecule has 0 aliphatic carbocycles. The first-order chi connectivity index (χ1) is 9.19. The van der Waals surface area contributed by atoms with Gasteiger partial charge in [0.15, 0.2) is 11.5 Å². The highest BCUT2D eigenvalue weighted by atomic mass is 16.5. The Labute approximate surface area is 108 Å². The molecule has 0 fully saturated rings. The zero-order valence-electron chi connectivity index (χ0n) is 10.3. The van der Waals surface area contributed by atoms with Crippen LogP contribution in [-0.4, -0.2) is 37.7 Å². The Bertz CT molecular complexity index is 552. The summed E-state index contributed by atoms with van der Waals surface area (Å²) in [6, 6.07) is 0. The Morgan fingerprint density at radius 2 is 2.26 bits per heavy atom. The Morgan fingerprint density at radius 1 is 1.42 bits per heavy atom. The van der Waals surface area contributed by atoms with Crippen LogP contribution in [0.1, 0.15) is 29.1 Å². The van der Waals surface area contributed by atoms with Crippen molar-refractivity contribution in [2.45, 2.75) is 19.8 Å². The van der Waals surface area contributed by atoms with Gasteiger partial charge in [-0.05, 0) is 0 Å². The number of nitrogens with one attached hydrogen (secondary N) is 1. The maximum Gasteiger partial charge on any atom is 0.356 e. The average Bonchev–Trinajstić information content (AvgIpc) is 2.87. The summed E-state index contributed by atoms with van der Waals surface area (Å²) in [6.45, 7) is 2.50. The fraction of sp³-hybridized carbons (Fsp3) is 0.364. The van der Waals surface area contributed by atoms with Gasteiger partial charge in [-0.3, -0.25) is 0 Å². The topological polar surface area (TPSA) is 114 Å². The molecule has 0 saturated carbocycles. The molecule has 0 radical (unpaired) electrons. The van der Waals surface area contributed by atoms with Gasteiger partial charge in [0.25, 0.3) is 0 Å². The number of carbonyl (C=O) groups is 1. The number of hydrogen-bond acceptors (Lipinski definition) is 7. The molecule has 2 aromatic rings. The maximum absolute atomic E-state index is 10.6. The molecular formula is C11H13N5O3. The molecule has 19 heavy (non-hydrogen) atoms. The van der Waals surface area contributed by atoms with E-state index in [9.17, 15) is 4.79 Å². The van der Waals surface area contributed by atoms with E-state index in [1.807, 2.05) is 6.92 Å². The first-order valence-electron chi connectivity index (χ1n) is 5.79. The third-order valence-corrected chi connectivity index (χ3v) is 2.34. The van der Waals surface area contributed by atoms with Crippen molar-refractivity contribution in [1.82, 2.24) is 20.1 Å².